The second kappa shape index (κ2) is 10.0. The monoisotopic (exact) mass is 485 g/mol. The number of hydrogen-bond acceptors (Lipinski definition) is 8. The highest BCUT2D eigenvalue weighted by Crippen LogP contribution is 2.38. The van der Waals surface area contributed by atoms with Crippen molar-refractivity contribution >= 4 is 22.8 Å². The molecule has 1 aromatic carbocycles. The fraction of sp³-hybridized carbons (Fsp3) is 0.269. The highest BCUT2D eigenvalue weighted by Gasteiger charge is 2.28. The van der Waals surface area contributed by atoms with Crippen LogP contribution in [0.3, 0.4) is 0 Å². The summed E-state index contributed by atoms with van der Waals surface area (Å²) in [4.78, 5) is 27.0. The molecule has 3 aromatic heterocycles. The third-order valence-electron chi connectivity index (χ3n) is 6.29. The van der Waals surface area contributed by atoms with Gasteiger partial charge in [-0.05, 0) is 49.2 Å². The van der Waals surface area contributed by atoms with E-state index in [1.165, 1.54) is 12.4 Å². The average Bonchev–Trinajstić information content (AvgIpc) is 3.33. The first-order valence-corrected chi connectivity index (χ1v) is 11.7. The van der Waals surface area contributed by atoms with Gasteiger partial charge in [-0.2, -0.15) is 5.10 Å². The largest absolute Gasteiger partial charge is 0.493 e. The van der Waals surface area contributed by atoms with Crippen molar-refractivity contribution in [1.82, 2.24) is 29.6 Å². The maximum Gasteiger partial charge on any atom is 0.246 e. The Morgan fingerprint density at radius 1 is 1.22 bits per heavy atom. The lowest BCUT2D eigenvalue weighted by molar-refractivity contribution is -0.127. The van der Waals surface area contributed by atoms with Crippen molar-refractivity contribution in [3.8, 4) is 22.8 Å². The van der Waals surface area contributed by atoms with E-state index in [1.807, 2.05) is 41.1 Å². The van der Waals surface area contributed by atoms with Crippen molar-refractivity contribution in [3.63, 3.8) is 0 Å². The van der Waals surface area contributed by atoms with E-state index < -0.39 is 0 Å². The van der Waals surface area contributed by atoms with Gasteiger partial charge in [0.05, 0.1) is 24.2 Å². The number of nitrogens with two attached hydrogens (primary N) is 1. The maximum absolute atomic E-state index is 12.2. The number of benzene rings is 1. The Balaban J connectivity index is 1.50. The summed E-state index contributed by atoms with van der Waals surface area (Å²) in [6, 6.07) is 11.2. The van der Waals surface area contributed by atoms with Gasteiger partial charge in [0.2, 0.25) is 5.91 Å². The minimum absolute atomic E-state index is 0.0453. The van der Waals surface area contributed by atoms with E-state index in [0.717, 1.165) is 24.1 Å². The molecule has 10 heteroatoms. The fourth-order valence-electron chi connectivity index (χ4n) is 4.51. The molecule has 1 fully saturated rings. The molecule has 1 saturated heterocycles. The van der Waals surface area contributed by atoms with Gasteiger partial charge in [-0.15, -0.1) is 0 Å². The molecule has 1 atom stereocenters. The molecule has 2 N–H and O–H groups in total. The third kappa shape index (κ3) is 4.45. The fourth-order valence-corrected chi connectivity index (χ4v) is 4.51. The summed E-state index contributed by atoms with van der Waals surface area (Å²) in [6.07, 6.45) is 6.23. The summed E-state index contributed by atoms with van der Waals surface area (Å²) in [5.41, 5.74) is 9.18. The van der Waals surface area contributed by atoms with Gasteiger partial charge in [0.1, 0.15) is 24.4 Å². The molecule has 0 radical (unpaired) electrons. The highest BCUT2D eigenvalue weighted by molar-refractivity contribution is 5.98. The molecule has 1 amide bonds. The second-order valence-corrected chi connectivity index (χ2v) is 8.51. The van der Waals surface area contributed by atoms with Crippen LogP contribution in [-0.4, -0.2) is 55.7 Å². The number of carbonyl (C=O) groups is 1. The van der Waals surface area contributed by atoms with Gasteiger partial charge in [0, 0.05) is 24.8 Å². The first-order chi connectivity index (χ1) is 17.6. The van der Waals surface area contributed by atoms with E-state index in [1.54, 1.807) is 18.2 Å². The number of nitrogens with zero attached hydrogens (tertiary/aromatic N) is 6. The molecule has 36 heavy (non-hydrogen) atoms. The number of ether oxygens (including phenoxy) is 2. The zero-order valence-electron chi connectivity index (χ0n) is 20.0. The van der Waals surface area contributed by atoms with Gasteiger partial charge in [-0.3, -0.25) is 9.78 Å². The predicted octanol–water partition coefficient (Wildman–Crippen LogP) is 3.41. The number of hydrogen-bond donors (Lipinski definition) is 1. The molecule has 1 aliphatic heterocycles. The number of carbonyl (C=O) groups excluding carboxylic acids is 1. The van der Waals surface area contributed by atoms with Crippen molar-refractivity contribution in [2.24, 2.45) is 0 Å². The van der Waals surface area contributed by atoms with Gasteiger partial charge in [-0.25, -0.2) is 14.6 Å². The van der Waals surface area contributed by atoms with E-state index in [4.69, 9.17) is 20.3 Å². The van der Waals surface area contributed by atoms with E-state index in [0.29, 0.717) is 53.7 Å². The normalized spacial score (nSPS) is 15.6. The summed E-state index contributed by atoms with van der Waals surface area (Å²) in [6.45, 7) is 5.15. The Hall–Kier alpha value is -4.47. The Bertz CT molecular complexity index is 1400. The lowest BCUT2D eigenvalue weighted by atomic mass is 10.1. The minimum Gasteiger partial charge on any atom is -0.493 e. The van der Waals surface area contributed by atoms with Gasteiger partial charge in [0.25, 0.3) is 0 Å². The first-order valence-electron chi connectivity index (χ1n) is 11.7. The molecule has 1 unspecified atom stereocenters. The van der Waals surface area contributed by atoms with Crippen LogP contribution >= 0.6 is 0 Å². The Morgan fingerprint density at radius 3 is 2.89 bits per heavy atom. The molecule has 0 spiro atoms. The summed E-state index contributed by atoms with van der Waals surface area (Å²) < 4.78 is 13.4. The first kappa shape index (κ1) is 23.3. The second-order valence-electron chi connectivity index (χ2n) is 8.51. The zero-order chi connectivity index (χ0) is 25.1. The van der Waals surface area contributed by atoms with E-state index >= 15 is 0 Å². The van der Waals surface area contributed by atoms with Crippen LogP contribution in [0.15, 0.2) is 61.6 Å². The highest BCUT2D eigenvalue weighted by atomic mass is 16.5. The standard InChI is InChI=1S/C26H27N7O3/c1-3-22(34)32-12-6-8-19(14-32)33-26-23(25(27)29-16-30-26)24(31-33)17-9-10-20(21(13-17)35-2)36-15-18-7-4-5-11-28-18/h3-5,7,9-11,13,16,19H,1,6,8,12,14-15H2,2H3,(H2,27,29,30). The van der Waals surface area contributed by atoms with Gasteiger partial charge < -0.3 is 20.1 Å². The molecule has 4 aromatic rings. The van der Waals surface area contributed by atoms with Crippen LogP contribution < -0.4 is 15.2 Å². The zero-order valence-corrected chi connectivity index (χ0v) is 20.0. The summed E-state index contributed by atoms with van der Waals surface area (Å²) in [5, 5.41) is 5.59. The van der Waals surface area contributed by atoms with Crippen LogP contribution in [0.4, 0.5) is 5.82 Å². The number of amides is 1. The summed E-state index contributed by atoms with van der Waals surface area (Å²) in [7, 11) is 1.59. The van der Waals surface area contributed by atoms with Crippen LogP contribution in [0.5, 0.6) is 11.5 Å². The lowest BCUT2D eigenvalue weighted by Crippen LogP contribution is -2.40. The van der Waals surface area contributed by atoms with Crippen molar-refractivity contribution in [2.75, 3.05) is 25.9 Å². The number of rotatable bonds is 7. The number of likely N-dealkylation sites (tertiary alicyclic amines) is 1. The summed E-state index contributed by atoms with van der Waals surface area (Å²) in [5.74, 6) is 1.40. The topological polar surface area (TPSA) is 121 Å². The Kier molecular flexibility index (Phi) is 6.48. The smallest absolute Gasteiger partial charge is 0.246 e. The van der Waals surface area contributed by atoms with Crippen molar-refractivity contribution < 1.29 is 14.3 Å². The van der Waals surface area contributed by atoms with Crippen LogP contribution in [0.25, 0.3) is 22.3 Å². The van der Waals surface area contributed by atoms with Crippen LogP contribution in [0, 0.1) is 0 Å². The molecule has 1 aliphatic rings. The number of anilines is 1. The van der Waals surface area contributed by atoms with Gasteiger partial charge in [-0.1, -0.05) is 12.6 Å². The number of piperidine rings is 1. The van der Waals surface area contributed by atoms with E-state index in [2.05, 4.69) is 21.5 Å². The molecule has 0 aliphatic carbocycles. The number of methoxy groups -OCH3 is 1. The van der Waals surface area contributed by atoms with Gasteiger partial charge >= 0.3 is 0 Å². The molecule has 4 heterocycles. The minimum atomic E-state index is -0.0865. The number of aromatic nitrogens is 5. The SMILES string of the molecule is C=CC(=O)N1CCCC(n2nc(-c3ccc(OCc4ccccn4)c(OC)c3)c3c(N)ncnc32)C1. The molecule has 10 nitrogen and oxygen atoms in total. The number of pyridine rings is 1. The number of fused-ring (bicyclic) bond motifs is 1. The molecule has 0 saturated carbocycles. The van der Waals surface area contributed by atoms with Crippen LogP contribution in [0.1, 0.15) is 24.6 Å². The Morgan fingerprint density at radius 2 is 2.11 bits per heavy atom. The third-order valence-corrected chi connectivity index (χ3v) is 6.29. The quantitative estimate of drug-likeness (QED) is 0.395. The van der Waals surface area contributed by atoms with Crippen LogP contribution in [-0.2, 0) is 11.4 Å². The molecule has 184 valence electrons. The van der Waals surface area contributed by atoms with Crippen molar-refractivity contribution in [3.05, 3.63) is 67.3 Å². The summed E-state index contributed by atoms with van der Waals surface area (Å²) >= 11 is 0. The average molecular weight is 486 g/mol. The maximum atomic E-state index is 12.2. The molecular formula is C26H27N7O3. The molecule has 5 rings (SSSR count). The molecule has 0 bridgehead atoms. The van der Waals surface area contributed by atoms with Crippen LogP contribution in [0.2, 0.25) is 0 Å². The van der Waals surface area contributed by atoms with Crippen molar-refractivity contribution in [2.45, 2.75) is 25.5 Å². The molecular weight excluding hydrogens is 458 g/mol. The van der Waals surface area contributed by atoms with E-state index in [9.17, 15) is 4.79 Å². The lowest BCUT2D eigenvalue weighted by Gasteiger charge is -2.32. The predicted molar refractivity (Wildman–Crippen MR) is 135 cm³/mol. The van der Waals surface area contributed by atoms with Crippen molar-refractivity contribution in [1.29, 1.82) is 0 Å². The number of nitrogen functional groups attached to an aromatic ring is 1. The Labute approximate surface area is 208 Å². The van der Waals surface area contributed by atoms with Gasteiger partial charge in [0.15, 0.2) is 17.1 Å². The van der Waals surface area contributed by atoms with E-state index in [-0.39, 0.29) is 11.9 Å².